The third kappa shape index (κ3) is 4.01. The third-order valence-electron chi connectivity index (χ3n) is 5.98. The van der Waals surface area contributed by atoms with E-state index in [1.165, 1.54) is 17.4 Å². The zero-order valence-electron chi connectivity index (χ0n) is 18.3. The Balaban J connectivity index is 1.12. The van der Waals surface area contributed by atoms with E-state index >= 15 is 0 Å². The predicted octanol–water partition coefficient (Wildman–Crippen LogP) is 2.96. The van der Waals surface area contributed by atoms with Crippen LogP contribution < -0.4 is 14.4 Å². The molecule has 9 nitrogen and oxygen atoms in total. The molecule has 0 atom stereocenters. The molecule has 172 valence electrons. The second-order valence-electron chi connectivity index (χ2n) is 8.03. The molecule has 1 fully saturated rings. The largest absolute Gasteiger partial charge is 0.454 e. The lowest BCUT2D eigenvalue weighted by Crippen LogP contribution is -2.49. The summed E-state index contributed by atoms with van der Waals surface area (Å²) in [6, 6.07) is 19.8. The van der Waals surface area contributed by atoms with E-state index in [9.17, 15) is 4.79 Å². The minimum atomic E-state index is 0.0985. The molecule has 2 aromatic heterocycles. The molecule has 0 spiro atoms. The lowest BCUT2D eigenvalue weighted by molar-refractivity contribution is -0.128. The van der Waals surface area contributed by atoms with Gasteiger partial charge in [0.15, 0.2) is 17.1 Å². The molecule has 6 rings (SSSR count). The minimum absolute atomic E-state index is 0.0985. The van der Waals surface area contributed by atoms with Crippen molar-refractivity contribution in [3.63, 3.8) is 0 Å². The summed E-state index contributed by atoms with van der Waals surface area (Å²) >= 11 is 1.36. The highest BCUT2D eigenvalue weighted by molar-refractivity contribution is 7.99. The van der Waals surface area contributed by atoms with Crippen LogP contribution in [0.4, 0.5) is 5.69 Å². The first-order valence-corrected chi connectivity index (χ1v) is 12.1. The average Bonchev–Trinajstić information content (AvgIpc) is 3.54. The maximum atomic E-state index is 12.9. The number of carbonyl (C=O) groups excluding carboxylic acids is 1. The number of nitrogens with zero attached hydrogens (tertiary/aromatic N) is 6. The van der Waals surface area contributed by atoms with Gasteiger partial charge < -0.3 is 19.3 Å². The lowest BCUT2D eigenvalue weighted by atomic mass is 10.1. The highest BCUT2D eigenvalue weighted by Crippen LogP contribution is 2.35. The van der Waals surface area contributed by atoms with E-state index < -0.39 is 0 Å². The number of anilines is 1. The molecular formula is C24H22N6O3S. The van der Waals surface area contributed by atoms with Crippen molar-refractivity contribution in [1.82, 2.24) is 24.7 Å². The lowest BCUT2D eigenvalue weighted by Gasteiger charge is -2.36. The SMILES string of the molecule is O=C(CSc1nnc2ccc(-c3ccc4c(c3)OCO4)nn12)N1CCN(c2ccccc2)CC1. The number of aromatic nitrogens is 4. The van der Waals surface area contributed by atoms with Crippen LogP contribution in [0.15, 0.2) is 65.8 Å². The second kappa shape index (κ2) is 8.86. The van der Waals surface area contributed by atoms with Crippen LogP contribution in [0.2, 0.25) is 0 Å². The number of fused-ring (bicyclic) bond motifs is 2. The molecule has 0 unspecified atom stereocenters. The molecule has 0 aliphatic carbocycles. The molecule has 4 aromatic rings. The molecular weight excluding hydrogens is 452 g/mol. The molecule has 10 heteroatoms. The topological polar surface area (TPSA) is 85.1 Å². The number of benzene rings is 2. The Hall–Kier alpha value is -3.79. The van der Waals surface area contributed by atoms with Gasteiger partial charge >= 0.3 is 0 Å². The van der Waals surface area contributed by atoms with Crippen LogP contribution in [0, 0.1) is 0 Å². The molecule has 2 aliphatic heterocycles. The number of thioether (sulfide) groups is 1. The van der Waals surface area contributed by atoms with Crippen LogP contribution in [0.5, 0.6) is 11.5 Å². The molecule has 4 heterocycles. The Kier molecular flexibility index (Phi) is 5.42. The zero-order valence-corrected chi connectivity index (χ0v) is 19.1. The standard InChI is InChI=1S/C24H22N6O3S/c31-23(29-12-10-28(11-13-29)18-4-2-1-3-5-18)15-34-24-26-25-22-9-7-19(27-30(22)24)17-6-8-20-21(14-17)33-16-32-20/h1-9,14H,10-13,15-16H2. The van der Waals surface area contributed by atoms with Gasteiger partial charge in [0.05, 0.1) is 11.4 Å². The summed E-state index contributed by atoms with van der Waals surface area (Å²) in [5.41, 5.74) is 3.50. The van der Waals surface area contributed by atoms with Gasteiger partial charge in [-0.05, 0) is 42.5 Å². The number of rotatable bonds is 5. The fourth-order valence-electron chi connectivity index (χ4n) is 4.14. The number of hydrogen-bond acceptors (Lipinski definition) is 8. The summed E-state index contributed by atoms with van der Waals surface area (Å²) in [4.78, 5) is 17.1. The Morgan fingerprint density at radius 2 is 1.74 bits per heavy atom. The zero-order chi connectivity index (χ0) is 22.9. The smallest absolute Gasteiger partial charge is 0.233 e. The van der Waals surface area contributed by atoms with Gasteiger partial charge in [-0.3, -0.25) is 4.79 Å². The van der Waals surface area contributed by atoms with E-state index in [-0.39, 0.29) is 12.7 Å². The number of para-hydroxylation sites is 1. The van der Waals surface area contributed by atoms with Gasteiger partial charge in [-0.1, -0.05) is 30.0 Å². The van der Waals surface area contributed by atoms with Crippen molar-refractivity contribution in [3.8, 4) is 22.8 Å². The van der Waals surface area contributed by atoms with Crippen LogP contribution in [0.1, 0.15) is 0 Å². The highest BCUT2D eigenvalue weighted by Gasteiger charge is 2.22. The molecule has 0 bridgehead atoms. The van der Waals surface area contributed by atoms with E-state index in [0.717, 1.165) is 30.1 Å². The molecule has 0 saturated carbocycles. The van der Waals surface area contributed by atoms with Gasteiger partial charge in [0, 0.05) is 37.4 Å². The van der Waals surface area contributed by atoms with Crippen molar-refractivity contribution >= 4 is 29.0 Å². The summed E-state index contributed by atoms with van der Waals surface area (Å²) < 4.78 is 12.6. The number of ether oxygens (including phenoxy) is 2. The van der Waals surface area contributed by atoms with Crippen molar-refractivity contribution in [3.05, 3.63) is 60.7 Å². The Morgan fingerprint density at radius 1 is 0.912 bits per heavy atom. The van der Waals surface area contributed by atoms with Gasteiger partial charge in [-0.15, -0.1) is 10.2 Å². The van der Waals surface area contributed by atoms with Gasteiger partial charge in [-0.25, -0.2) is 0 Å². The molecule has 2 aromatic carbocycles. The van der Waals surface area contributed by atoms with Gasteiger partial charge in [0.1, 0.15) is 0 Å². The van der Waals surface area contributed by atoms with Crippen molar-refractivity contribution < 1.29 is 14.3 Å². The molecule has 0 N–H and O–H groups in total. The van der Waals surface area contributed by atoms with Gasteiger partial charge in [0.2, 0.25) is 17.9 Å². The first kappa shape index (κ1) is 20.8. The van der Waals surface area contributed by atoms with Crippen molar-refractivity contribution in [2.24, 2.45) is 0 Å². The summed E-state index contributed by atoms with van der Waals surface area (Å²) in [6.07, 6.45) is 0. The summed E-state index contributed by atoms with van der Waals surface area (Å²) in [7, 11) is 0. The molecule has 2 aliphatic rings. The summed E-state index contributed by atoms with van der Waals surface area (Å²) in [5, 5.41) is 13.7. The Morgan fingerprint density at radius 3 is 2.59 bits per heavy atom. The van der Waals surface area contributed by atoms with Crippen LogP contribution >= 0.6 is 11.8 Å². The van der Waals surface area contributed by atoms with Gasteiger partial charge in [0.25, 0.3) is 0 Å². The maximum absolute atomic E-state index is 12.9. The van der Waals surface area contributed by atoms with Crippen LogP contribution in [-0.2, 0) is 4.79 Å². The second-order valence-corrected chi connectivity index (χ2v) is 8.97. The summed E-state index contributed by atoms with van der Waals surface area (Å²) in [5.74, 6) is 1.83. The highest BCUT2D eigenvalue weighted by atomic mass is 32.2. The summed E-state index contributed by atoms with van der Waals surface area (Å²) in [6.45, 7) is 3.30. The number of hydrogen-bond donors (Lipinski definition) is 0. The Bertz CT molecular complexity index is 1340. The maximum Gasteiger partial charge on any atom is 0.233 e. The number of piperazine rings is 1. The van der Waals surface area contributed by atoms with E-state index in [2.05, 4.69) is 27.2 Å². The Labute approximate surface area is 200 Å². The van der Waals surface area contributed by atoms with Crippen LogP contribution in [0.3, 0.4) is 0 Å². The monoisotopic (exact) mass is 474 g/mol. The normalized spacial score (nSPS) is 15.2. The van der Waals surface area contributed by atoms with E-state index in [0.29, 0.717) is 35.4 Å². The first-order chi connectivity index (χ1) is 16.7. The average molecular weight is 475 g/mol. The first-order valence-electron chi connectivity index (χ1n) is 11.1. The number of amides is 1. The van der Waals surface area contributed by atoms with Crippen molar-refractivity contribution in [2.45, 2.75) is 5.16 Å². The minimum Gasteiger partial charge on any atom is -0.454 e. The molecule has 0 radical (unpaired) electrons. The molecule has 34 heavy (non-hydrogen) atoms. The van der Waals surface area contributed by atoms with Gasteiger partial charge in [-0.2, -0.15) is 9.61 Å². The molecule has 1 saturated heterocycles. The van der Waals surface area contributed by atoms with E-state index in [4.69, 9.17) is 14.6 Å². The predicted molar refractivity (Wildman–Crippen MR) is 128 cm³/mol. The molecule has 1 amide bonds. The third-order valence-corrected chi connectivity index (χ3v) is 6.89. The van der Waals surface area contributed by atoms with E-state index in [1.807, 2.05) is 53.4 Å². The quantitative estimate of drug-likeness (QED) is 0.408. The van der Waals surface area contributed by atoms with Crippen molar-refractivity contribution in [1.29, 1.82) is 0 Å². The van der Waals surface area contributed by atoms with Crippen LogP contribution in [-0.4, -0.2) is 69.3 Å². The number of carbonyl (C=O) groups is 1. The van der Waals surface area contributed by atoms with Crippen molar-refractivity contribution in [2.75, 3.05) is 43.6 Å². The van der Waals surface area contributed by atoms with E-state index in [1.54, 1.807) is 4.52 Å². The van der Waals surface area contributed by atoms with Crippen LogP contribution in [0.25, 0.3) is 16.9 Å². The fraction of sp³-hybridized carbons (Fsp3) is 0.250. The fourth-order valence-corrected chi connectivity index (χ4v) is 4.93.